The number of benzene rings is 1. The van der Waals surface area contributed by atoms with Crippen molar-refractivity contribution in [1.29, 1.82) is 0 Å². The molecule has 2 saturated carbocycles. The highest BCUT2D eigenvalue weighted by Gasteiger charge is 2.40. The number of nitrogens with one attached hydrogen (secondary N) is 1. The van der Waals surface area contributed by atoms with Gasteiger partial charge in [-0.1, -0.05) is 0 Å². The first kappa shape index (κ1) is 13.6. The topological polar surface area (TPSA) is 47.3 Å². The largest absolute Gasteiger partial charge is 0.491 e. The van der Waals surface area contributed by atoms with Crippen LogP contribution in [0.3, 0.4) is 0 Å². The van der Waals surface area contributed by atoms with Gasteiger partial charge in [0.1, 0.15) is 5.75 Å². The maximum Gasteiger partial charge on any atom is 0.123 e. The second-order valence-corrected chi connectivity index (χ2v) is 6.68. The number of nitrogen functional groups attached to an aromatic ring is 1. The third kappa shape index (κ3) is 3.59. The lowest BCUT2D eigenvalue weighted by molar-refractivity contribution is 0.242. The van der Waals surface area contributed by atoms with E-state index in [0.717, 1.165) is 41.4 Å². The highest BCUT2D eigenvalue weighted by Crippen LogP contribution is 2.49. The lowest BCUT2D eigenvalue weighted by Gasteiger charge is -2.18. The van der Waals surface area contributed by atoms with Crippen LogP contribution in [0.25, 0.3) is 0 Å². The van der Waals surface area contributed by atoms with E-state index in [1.54, 1.807) is 0 Å². The van der Waals surface area contributed by atoms with Crippen LogP contribution >= 0.6 is 0 Å². The van der Waals surface area contributed by atoms with Crippen molar-refractivity contribution in [3.05, 3.63) is 18.2 Å². The summed E-state index contributed by atoms with van der Waals surface area (Å²) in [5.41, 5.74) is 7.82. The molecule has 1 aromatic carbocycles. The summed E-state index contributed by atoms with van der Waals surface area (Å²) < 4.78 is 5.74. The Morgan fingerprint density at radius 1 is 1.15 bits per heavy atom. The maximum absolute atomic E-state index is 5.97. The highest BCUT2D eigenvalue weighted by atomic mass is 16.5. The van der Waals surface area contributed by atoms with Crippen molar-refractivity contribution < 1.29 is 4.74 Å². The Morgan fingerprint density at radius 3 is 2.35 bits per heavy atom. The highest BCUT2D eigenvalue weighted by molar-refractivity contribution is 5.59. The number of hydrogen-bond acceptors (Lipinski definition) is 3. The first-order chi connectivity index (χ1) is 9.61. The number of ether oxygens (including phenoxy) is 1. The molecule has 0 aromatic heterocycles. The van der Waals surface area contributed by atoms with Crippen LogP contribution in [0.4, 0.5) is 11.4 Å². The van der Waals surface area contributed by atoms with Crippen LogP contribution in [-0.2, 0) is 0 Å². The van der Waals surface area contributed by atoms with Gasteiger partial charge in [-0.05, 0) is 63.4 Å². The zero-order valence-corrected chi connectivity index (χ0v) is 12.6. The molecule has 3 rings (SSSR count). The monoisotopic (exact) mass is 274 g/mol. The first-order valence-electron chi connectivity index (χ1n) is 7.93. The molecule has 20 heavy (non-hydrogen) atoms. The SMILES string of the molecule is CC(C)Oc1cc(N)cc(NCC(C2CC2)C2CC2)c1. The van der Waals surface area contributed by atoms with E-state index in [4.69, 9.17) is 10.5 Å². The molecule has 0 amide bonds. The minimum absolute atomic E-state index is 0.176. The van der Waals surface area contributed by atoms with Gasteiger partial charge in [0.15, 0.2) is 0 Å². The van der Waals surface area contributed by atoms with Gasteiger partial charge in [0.25, 0.3) is 0 Å². The Balaban J connectivity index is 1.62. The lowest BCUT2D eigenvalue weighted by Crippen LogP contribution is -2.18. The van der Waals surface area contributed by atoms with Crippen LogP contribution < -0.4 is 15.8 Å². The third-order valence-corrected chi connectivity index (χ3v) is 4.30. The number of rotatable bonds is 7. The van der Waals surface area contributed by atoms with E-state index in [1.165, 1.54) is 25.7 Å². The molecule has 3 heteroatoms. The van der Waals surface area contributed by atoms with Gasteiger partial charge in [0.2, 0.25) is 0 Å². The van der Waals surface area contributed by atoms with Gasteiger partial charge in [0.05, 0.1) is 6.10 Å². The summed E-state index contributed by atoms with van der Waals surface area (Å²) in [5.74, 6) is 3.67. The number of nitrogens with two attached hydrogens (primary N) is 1. The summed E-state index contributed by atoms with van der Waals surface area (Å²) in [6.07, 6.45) is 5.90. The van der Waals surface area contributed by atoms with E-state index in [2.05, 4.69) is 11.4 Å². The third-order valence-electron chi connectivity index (χ3n) is 4.30. The van der Waals surface area contributed by atoms with E-state index in [-0.39, 0.29) is 6.10 Å². The molecule has 2 aliphatic carbocycles. The smallest absolute Gasteiger partial charge is 0.123 e. The zero-order chi connectivity index (χ0) is 14.1. The molecule has 1 aromatic rings. The van der Waals surface area contributed by atoms with Gasteiger partial charge in [-0.2, -0.15) is 0 Å². The van der Waals surface area contributed by atoms with Crippen molar-refractivity contribution >= 4 is 11.4 Å². The molecule has 0 spiro atoms. The van der Waals surface area contributed by atoms with E-state index < -0.39 is 0 Å². The summed E-state index contributed by atoms with van der Waals surface area (Å²) in [5, 5.41) is 3.58. The van der Waals surface area contributed by atoms with Crippen molar-refractivity contribution in [3.8, 4) is 5.75 Å². The summed E-state index contributed by atoms with van der Waals surface area (Å²) in [4.78, 5) is 0. The average Bonchev–Trinajstić information content (AvgIpc) is 3.23. The summed E-state index contributed by atoms with van der Waals surface area (Å²) >= 11 is 0. The molecule has 2 aliphatic rings. The van der Waals surface area contributed by atoms with E-state index in [9.17, 15) is 0 Å². The summed E-state index contributed by atoms with van der Waals surface area (Å²) in [6.45, 7) is 5.15. The minimum atomic E-state index is 0.176. The quantitative estimate of drug-likeness (QED) is 0.741. The van der Waals surface area contributed by atoms with E-state index in [0.29, 0.717) is 0 Å². The van der Waals surface area contributed by atoms with Gasteiger partial charge in [-0.25, -0.2) is 0 Å². The molecule has 3 N–H and O–H groups in total. The van der Waals surface area contributed by atoms with Crippen LogP contribution in [0.1, 0.15) is 39.5 Å². The molecule has 3 nitrogen and oxygen atoms in total. The molecule has 0 saturated heterocycles. The molecular weight excluding hydrogens is 248 g/mol. The van der Waals surface area contributed by atoms with Crippen molar-refractivity contribution in [1.82, 2.24) is 0 Å². The van der Waals surface area contributed by atoms with E-state index in [1.807, 2.05) is 26.0 Å². The second kappa shape index (κ2) is 5.55. The molecule has 2 fully saturated rings. The average molecular weight is 274 g/mol. The van der Waals surface area contributed by atoms with Gasteiger partial charge in [-0.15, -0.1) is 0 Å². The number of anilines is 2. The first-order valence-corrected chi connectivity index (χ1v) is 7.93. The van der Waals surface area contributed by atoms with Crippen LogP contribution in [-0.4, -0.2) is 12.6 Å². The Kier molecular flexibility index (Phi) is 3.77. The minimum Gasteiger partial charge on any atom is -0.491 e. The maximum atomic E-state index is 5.97. The Morgan fingerprint density at radius 2 is 1.80 bits per heavy atom. The summed E-state index contributed by atoms with van der Waals surface area (Å²) in [7, 11) is 0. The predicted molar refractivity (Wildman–Crippen MR) is 84.0 cm³/mol. The van der Waals surface area contributed by atoms with Crippen molar-refractivity contribution in [3.63, 3.8) is 0 Å². The van der Waals surface area contributed by atoms with Gasteiger partial charge in [-0.3, -0.25) is 0 Å². The standard InChI is InChI=1S/C17H26N2O/c1-11(2)20-16-8-14(18)7-15(9-16)19-10-17(12-3-4-12)13-5-6-13/h7-9,11-13,17,19H,3-6,10,18H2,1-2H3. The molecule has 110 valence electrons. The lowest BCUT2D eigenvalue weighted by atomic mass is 9.98. The molecule has 0 heterocycles. The van der Waals surface area contributed by atoms with Crippen molar-refractivity contribution in [2.75, 3.05) is 17.6 Å². The van der Waals surface area contributed by atoms with Crippen LogP contribution in [0, 0.1) is 17.8 Å². The van der Waals surface area contributed by atoms with Crippen LogP contribution in [0.2, 0.25) is 0 Å². The fourth-order valence-corrected chi connectivity index (χ4v) is 3.07. The molecule has 0 aliphatic heterocycles. The summed E-state index contributed by atoms with van der Waals surface area (Å²) in [6, 6.07) is 5.96. The van der Waals surface area contributed by atoms with Crippen LogP contribution in [0.5, 0.6) is 5.75 Å². The fraction of sp³-hybridized carbons (Fsp3) is 0.647. The zero-order valence-electron chi connectivity index (χ0n) is 12.6. The molecular formula is C17H26N2O. The number of hydrogen-bond donors (Lipinski definition) is 2. The van der Waals surface area contributed by atoms with E-state index >= 15 is 0 Å². The molecule has 0 atom stereocenters. The van der Waals surface area contributed by atoms with Gasteiger partial charge >= 0.3 is 0 Å². The van der Waals surface area contributed by atoms with Gasteiger partial charge < -0.3 is 15.8 Å². The Bertz CT molecular complexity index is 452. The normalized spacial score (nSPS) is 18.6. The molecule has 0 bridgehead atoms. The predicted octanol–water partition coefficient (Wildman–Crippen LogP) is 3.90. The Hall–Kier alpha value is -1.38. The molecule has 0 unspecified atom stereocenters. The van der Waals surface area contributed by atoms with Gasteiger partial charge in [0, 0.05) is 30.1 Å². The second-order valence-electron chi connectivity index (χ2n) is 6.68. The molecule has 0 radical (unpaired) electrons. The van der Waals surface area contributed by atoms with Crippen molar-refractivity contribution in [2.24, 2.45) is 17.8 Å². The Labute approximate surface area is 121 Å². The van der Waals surface area contributed by atoms with Crippen LogP contribution in [0.15, 0.2) is 18.2 Å². The van der Waals surface area contributed by atoms with Crippen molar-refractivity contribution in [2.45, 2.75) is 45.6 Å². The fourth-order valence-electron chi connectivity index (χ4n) is 3.07.